The molecule has 0 aromatic rings. The molecule has 0 unspecified atom stereocenters. The van der Waals surface area contributed by atoms with Crippen LogP contribution in [0, 0.1) is 0 Å². The molecule has 0 saturated carbocycles. The van der Waals surface area contributed by atoms with Gasteiger partial charge in [-0.15, -0.1) is 0 Å². The third kappa shape index (κ3) is 2.26. The molecule has 1 atom stereocenters. The standard InChI is InChI=1S/C6H13FO/c1-4-5(8)6(2,3)7/h5,8H,4H2,1-3H3/t5-/m1/s1. The topological polar surface area (TPSA) is 20.2 Å². The first-order chi connectivity index (χ1) is 3.48. The minimum Gasteiger partial charge on any atom is -0.390 e. The van der Waals surface area contributed by atoms with Crippen molar-refractivity contribution in [3.63, 3.8) is 0 Å². The number of aliphatic hydroxyl groups excluding tert-OH is 1. The molecule has 0 bridgehead atoms. The predicted octanol–water partition coefficient (Wildman–Crippen LogP) is 1.51. The molecular weight excluding hydrogens is 107 g/mol. The Kier molecular flexibility index (Phi) is 2.41. The van der Waals surface area contributed by atoms with Gasteiger partial charge in [-0.3, -0.25) is 0 Å². The smallest absolute Gasteiger partial charge is 0.131 e. The molecule has 0 spiro atoms. The maximum atomic E-state index is 12.5. The zero-order valence-corrected chi connectivity index (χ0v) is 5.61. The summed E-state index contributed by atoms with van der Waals surface area (Å²) in [5.41, 5.74) is -1.44. The third-order valence-corrected chi connectivity index (χ3v) is 1.18. The monoisotopic (exact) mass is 120 g/mol. The van der Waals surface area contributed by atoms with Crippen LogP contribution in [0.4, 0.5) is 4.39 Å². The molecule has 1 nitrogen and oxygen atoms in total. The van der Waals surface area contributed by atoms with Crippen molar-refractivity contribution in [2.24, 2.45) is 0 Å². The largest absolute Gasteiger partial charge is 0.390 e. The van der Waals surface area contributed by atoms with Gasteiger partial charge in [-0.25, -0.2) is 4.39 Å². The fourth-order valence-electron chi connectivity index (χ4n) is 0.485. The molecule has 0 aromatic carbocycles. The van der Waals surface area contributed by atoms with Crippen molar-refractivity contribution in [3.05, 3.63) is 0 Å². The molecule has 0 aliphatic heterocycles. The highest BCUT2D eigenvalue weighted by Gasteiger charge is 2.24. The van der Waals surface area contributed by atoms with Gasteiger partial charge in [0.25, 0.3) is 0 Å². The van der Waals surface area contributed by atoms with Crippen molar-refractivity contribution < 1.29 is 9.50 Å². The molecule has 0 heterocycles. The van der Waals surface area contributed by atoms with Crippen LogP contribution < -0.4 is 0 Å². The second kappa shape index (κ2) is 2.44. The highest BCUT2D eigenvalue weighted by atomic mass is 19.1. The average molecular weight is 120 g/mol. The predicted molar refractivity (Wildman–Crippen MR) is 31.5 cm³/mol. The molecular formula is C6H13FO. The number of hydrogen-bond donors (Lipinski definition) is 1. The van der Waals surface area contributed by atoms with E-state index in [4.69, 9.17) is 5.11 Å². The maximum absolute atomic E-state index is 12.5. The Morgan fingerprint density at radius 3 is 2.00 bits per heavy atom. The Morgan fingerprint density at radius 2 is 2.00 bits per heavy atom. The lowest BCUT2D eigenvalue weighted by Crippen LogP contribution is -2.30. The van der Waals surface area contributed by atoms with Gasteiger partial charge in [-0.2, -0.15) is 0 Å². The van der Waals surface area contributed by atoms with E-state index in [0.717, 1.165) is 0 Å². The average Bonchev–Trinajstić information content (AvgIpc) is 1.62. The van der Waals surface area contributed by atoms with Crippen LogP contribution in [0.2, 0.25) is 0 Å². The number of hydrogen-bond acceptors (Lipinski definition) is 1. The van der Waals surface area contributed by atoms with Crippen molar-refractivity contribution in [3.8, 4) is 0 Å². The van der Waals surface area contributed by atoms with E-state index in [2.05, 4.69) is 0 Å². The summed E-state index contributed by atoms with van der Waals surface area (Å²) in [7, 11) is 0. The molecule has 8 heavy (non-hydrogen) atoms. The third-order valence-electron chi connectivity index (χ3n) is 1.18. The van der Waals surface area contributed by atoms with E-state index in [1.807, 2.05) is 0 Å². The van der Waals surface area contributed by atoms with E-state index in [9.17, 15) is 4.39 Å². The quantitative estimate of drug-likeness (QED) is 0.585. The first kappa shape index (κ1) is 7.89. The lowest BCUT2D eigenvalue weighted by molar-refractivity contribution is 0.0153. The van der Waals surface area contributed by atoms with Crippen molar-refractivity contribution in [2.45, 2.75) is 39.0 Å². The minimum absolute atomic E-state index is 0.476. The van der Waals surface area contributed by atoms with Gasteiger partial charge in [0.15, 0.2) is 0 Å². The first-order valence-electron chi connectivity index (χ1n) is 2.85. The Balaban J connectivity index is 3.62. The van der Waals surface area contributed by atoms with Crippen molar-refractivity contribution >= 4 is 0 Å². The van der Waals surface area contributed by atoms with Crippen LogP contribution >= 0.6 is 0 Å². The molecule has 0 amide bonds. The second-order valence-corrected chi connectivity index (χ2v) is 2.49. The number of alkyl halides is 1. The summed E-state index contributed by atoms with van der Waals surface area (Å²) >= 11 is 0. The van der Waals surface area contributed by atoms with E-state index in [1.165, 1.54) is 13.8 Å². The van der Waals surface area contributed by atoms with Gasteiger partial charge in [0.1, 0.15) is 5.67 Å². The van der Waals surface area contributed by atoms with E-state index in [-0.39, 0.29) is 0 Å². The summed E-state index contributed by atoms with van der Waals surface area (Å²) in [6.07, 6.45) is -0.341. The summed E-state index contributed by atoms with van der Waals surface area (Å²) in [6.45, 7) is 4.51. The summed E-state index contributed by atoms with van der Waals surface area (Å²) in [5.74, 6) is 0. The normalized spacial score (nSPS) is 16.1. The van der Waals surface area contributed by atoms with Crippen LogP contribution in [-0.2, 0) is 0 Å². The summed E-state index contributed by atoms with van der Waals surface area (Å²) < 4.78 is 12.5. The van der Waals surface area contributed by atoms with Crippen molar-refractivity contribution in [1.29, 1.82) is 0 Å². The Morgan fingerprint density at radius 1 is 1.62 bits per heavy atom. The van der Waals surface area contributed by atoms with Gasteiger partial charge >= 0.3 is 0 Å². The molecule has 0 saturated heterocycles. The molecule has 0 rings (SSSR count). The fraction of sp³-hybridized carbons (Fsp3) is 1.00. The van der Waals surface area contributed by atoms with E-state index >= 15 is 0 Å². The minimum atomic E-state index is -1.44. The van der Waals surface area contributed by atoms with E-state index < -0.39 is 11.8 Å². The van der Waals surface area contributed by atoms with Crippen LogP contribution in [0.1, 0.15) is 27.2 Å². The molecule has 2 heteroatoms. The van der Waals surface area contributed by atoms with Gasteiger partial charge in [-0.05, 0) is 20.3 Å². The van der Waals surface area contributed by atoms with Gasteiger partial charge in [0, 0.05) is 0 Å². The SMILES string of the molecule is CC[C@@H](O)C(C)(C)F. The molecule has 50 valence electrons. The van der Waals surface area contributed by atoms with Gasteiger partial charge < -0.3 is 5.11 Å². The van der Waals surface area contributed by atoms with E-state index in [1.54, 1.807) is 6.92 Å². The van der Waals surface area contributed by atoms with Crippen LogP contribution in [0.3, 0.4) is 0 Å². The second-order valence-electron chi connectivity index (χ2n) is 2.49. The Labute approximate surface area is 49.5 Å². The molecule has 0 aliphatic carbocycles. The molecule has 0 radical (unpaired) electrons. The van der Waals surface area contributed by atoms with Crippen LogP contribution in [-0.4, -0.2) is 16.9 Å². The molecule has 0 fully saturated rings. The lowest BCUT2D eigenvalue weighted by atomic mass is 10.0. The zero-order valence-electron chi connectivity index (χ0n) is 5.61. The van der Waals surface area contributed by atoms with Gasteiger partial charge in [-0.1, -0.05) is 6.92 Å². The van der Waals surface area contributed by atoms with Crippen LogP contribution in [0.25, 0.3) is 0 Å². The highest BCUT2D eigenvalue weighted by Crippen LogP contribution is 2.15. The first-order valence-corrected chi connectivity index (χ1v) is 2.85. The molecule has 0 aromatic heterocycles. The lowest BCUT2D eigenvalue weighted by Gasteiger charge is -2.19. The van der Waals surface area contributed by atoms with Crippen molar-refractivity contribution in [2.75, 3.05) is 0 Å². The van der Waals surface area contributed by atoms with E-state index in [0.29, 0.717) is 6.42 Å². The number of rotatable bonds is 2. The molecule has 0 aliphatic rings. The number of aliphatic hydroxyl groups is 1. The van der Waals surface area contributed by atoms with Crippen LogP contribution in [0.5, 0.6) is 0 Å². The molecule has 1 N–H and O–H groups in total. The summed E-state index contributed by atoms with van der Waals surface area (Å²) in [5, 5.41) is 8.82. The highest BCUT2D eigenvalue weighted by molar-refractivity contribution is 4.74. The maximum Gasteiger partial charge on any atom is 0.131 e. The van der Waals surface area contributed by atoms with Gasteiger partial charge in [0.05, 0.1) is 6.10 Å². The Bertz CT molecular complexity index is 65.4. The zero-order chi connectivity index (χ0) is 6.78. The van der Waals surface area contributed by atoms with Gasteiger partial charge in [0.2, 0.25) is 0 Å². The van der Waals surface area contributed by atoms with Crippen LogP contribution in [0.15, 0.2) is 0 Å². The van der Waals surface area contributed by atoms with Crippen molar-refractivity contribution in [1.82, 2.24) is 0 Å². The summed E-state index contributed by atoms with van der Waals surface area (Å²) in [6, 6.07) is 0. The fourth-order valence-corrected chi connectivity index (χ4v) is 0.485. The number of halogens is 1. The summed E-state index contributed by atoms with van der Waals surface area (Å²) in [4.78, 5) is 0. The Hall–Kier alpha value is -0.110.